The smallest absolute Gasteiger partial charge is 0.253 e. The number of sulfonamides is 1. The molecular formula is C18H29N3O3S. The molecule has 0 radical (unpaired) electrons. The number of benzene rings is 1. The highest BCUT2D eigenvalue weighted by atomic mass is 32.2. The number of hydrogen-bond acceptors (Lipinski definition) is 4. The van der Waals surface area contributed by atoms with E-state index >= 15 is 0 Å². The predicted molar refractivity (Wildman–Crippen MR) is 99.3 cm³/mol. The summed E-state index contributed by atoms with van der Waals surface area (Å²) in [4.78, 5) is 14.9. The Morgan fingerprint density at radius 3 is 2.60 bits per heavy atom. The van der Waals surface area contributed by atoms with Crippen LogP contribution in [0.15, 0.2) is 23.1 Å². The molecule has 1 unspecified atom stereocenters. The summed E-state index contributed by atoms with van der Waals surface area (Å²) in [6.45, 7) is 7.58. The minimum absolute atomic E-state index is 0.101. The summed E-state index contributed by atoms with van der Waals surface area (Å²) in [5.41, 5.74) is 1.10. The first kappa shape index (κ1) is 19.9. The van der Waals surface area contributed by atoms with E-state index in [0.29, 0.717) is 43.3 Å². The molecule has 7 heteroatoms. The van der Waals surface area contributed by atoms with Crippen molar-refractivity contribution in [2.45, 2.75) is 44.6 Å². The van der Waals surface area contributed by atoms with Crippen molar-refractivity contribution in [3.8, 4) is 0 Å². The summed E-state index contributed by atoms with van der Waals surface area (Å²) < 4.78 is 27.1. The van der Waals surface area contributed by atoms with Crippen molar-refractivity contribution >= 4 is 15.9 Å². The summed E-state index contributed by atoms with van der Waals surface area (Å²) in [5, 5.41) is 3.22. The van der Waals surface area contributed by atoms with Crippen LogP contribution in [0.1, 0.15) is 42.6 Å². The molecule has 0 aliphatic carbocycles. The van der Waals surface area contributed by atoms with Crippen LogP contribution in [0.2, 0.25) is 0 Å². The Morgan fingerprint density at radius 1 is 1.32 bits per heavy atom. The van der Waals surface area contributed by atoms with Crippen LogP contribution in [0.25, 0.3) is 0 Å². The first-order valence-electron chi connectivity index (χ1n) is 8.92. The Kier molecular flexibility index (Phi) is 6.59. The second kappa shape index (κ2) is 8.29. The second-order valence-electron chi connectivity index (χ2n) is 6.45. The summed E-state index contributed by atoms with van der Waals surface area (Å²) in [7, 11) is -1.68. The average Bonchev–Trinajstić information content (AvgIpc) is 2.62. The second-order valence-corrected chi connectivity index (χ2v) is 8.35. The Hall–Kier alpha value is -1.44. The number of likely N-dealkylation sites (N-methyl/N-ethyl adjacent to an activating group) is 1. The van der Waals surface area contributed by atoms with Crippen molar-refractivity contribution < 1.29 is 13.2 Å². The predicted octanol–water partition coefficient (Wildman–Crippen LogP) is 1.85. The number of nitrogens with zero attached hydrogens (tertiary/aromatic N) is 2. The van der Waals surface area contributed by atoms with Gasteiger partial charge in [-0.25, -0.2) is 8.42 Å². The highest BCUT2D eigenvalue weighted by Crippen LogP contribution is 2.23. The number of rotatable bonds is 6. The molecule has 2 rings (SSSR count). The average molecular weight is 368 g/mol. The fourth-order valence-corrected chi connectivity index (χ4v) is 5.00. The number of piperidine rings is 1. The summed E-state index contributed by atoms with van der Waals surface area (Å²) >= 11 is 0. The lowest BCUT2D eigenvalue weighted by molar-refractivity contribution is 0.0698. The Labute approximate surface area is 151 Å². The SMILES string of the molecule is CCN(CC)S(=O)(=O)c1cc(C(=O)N2CCCC(NC)C2)ccc1C. The Morgan fingerprint density at radius 2 is 2.00 bits per heavy atom. The van der Waals surface area contributed by atoms with Crippen molar-refractivity contribution in [2.24, 2.45) is 0 Å². The zero-order valence-corrected chi connectivity index (χ0v) is 16.4. The van der Waals surface area contributed by atoms with Gasteiger partial charge in [-0.05, 0) is 44.5 Å². The van der Waals surface area contributed by atoms with Gasteiger partial charge in [-0.15, -0.1) is 0 Å². The van der Waals surface area contributed by atoms with Gasteiger partial charge >= 0.3 is 0 Å². The third-order valence-corrected chi connectivity index (χ3v) is 7.07. The van der Waals surface area contributed by atoms with Gasteiger partial charge in [0.25, 0.3) is 5.91 Å². The van der Waals surface area contributed by atoms with Gasteiger partial charge in [0.15, 0.2) is 0 Å². The third kappa shape index (κ3) is 4.22. The fourth-order valence-electron chi connectivity index (χ4n) is 3.29. The van der Waals surface area contributed by atoms with Gasteiger partial charge in [0.05, 0.1) is 4.90 Å². The van der Waals surface area contributed by atoms with Crippen molar-refractivity contribution in [3.05, 3.63) is 29.3 Å². The molecule has 1 amide bonds. The van der Waals surface area contributed by atoms with Gasteiger partial charge in [0.1, 0.15) is 0 Å². The number of likely N-dealkylation sites (tertiary alicyclic amines) is 1. The zero-order valence-electron chi connectivity index (χ0n) is 15.6. The molecule has 1 aliphatic heterocycles. The molecule has 1 N–H and O–H groups in total. The molecule has 1 atom stereocenters. The summed E-state index contributed by atoms with van der Waals surface area (Å²) in [6, 6.07) is 5.28. The van der Waals surface area contributed by atoms with Crippen LogP contribution in [0.3, 0.4) is 0 Å². The van der Waals surface area contributed by atoms with Gasteiger partial charge in [-0.2, -0.15) is 4.31 Å². The lowest BCUT2D eigenvalue weighted by Crippen LogP contribution is -2.47. The molecule has 1 saturated heterocycles. The van der Waals surface area contributed by atoms with Crippen LogP contribution < -0.4 is 5.32 Å². The minimum atomic E-state index is -3.58. The molecule has 25 heavy (non-hydrogen) atoms. The topological polar surface area (TPSA) is 69.7 Å². The summed E-state index contributed by atoms with van der Waals surface area (Å²) in [6.07, 6.45) is 2.00. The molecule has 6 nitrogen and oxygen atoms in total. The van der Waals surface area contributed by atoms with E-state index in [2.05, 4.69) is 5.32 Å². The van der Waals surface area contributed by atoms with Crippen LogP contribution in [0.4, 0.5) is 0 Å². The van der Waals surface area contributed by atoms with E-state index in [9.17, 15) is 13.2 Å². The molecule has 1 aromatic carbocycles. The van der Waals surface area contributed by atoms with Gasteiger partial charge in [0, 0.05) is 37.8 Å². The van der Waals surface area contributed by atoms with E-state index in [1.807, 2.05) is 25.8 Å². The van der Waals surface area contributed by atoms with Crippen LogP contribution in [-0.4, -0.2) is 62.8 Å². The van der Waals surface area contributed by atoms with Crippen molar-refractivity contribution in [3.63, 3.8) is 0 Å². The molecule has 1 heterocycles. The van der Waals surface area contributed by atoms with Crippen molar-refractivity contribution in [1.29, 1.82) is 0 Å². The van der Waals surface area contributed by atoms with Gasteiger partial charge in [-0.3, -0.25) is 4.79 Å². The quantitative estimate of drug-likeness (QED) is 0.833. The highest BCUT2D eigenvalue weighted by molar-refractivity contribution is 7.89. The zero-order chi connectivity index (χ0) is 18.6. The molecule has 0 bridgehead atoms. The van der Waals surface area contributed by atoms with E-state index in [1.54, 1.807) is 19.1 Å². The van der Waals surface area contributed by atoms with Crippen molar-refractivity contribution in [2.75, 3.05) is 33.2 Å². The normalized spacial score (nSPS) is 18.6. The lowest BCUT2D eigenvalue weighted by Gasteiger charge is -2.32. The standard InChI is InChI=1S/C18H29N3O3S/c1-5-21(6-2)25(23,24)17-12-15(10-9-14(17)3)18(22)20-11-7-8-16(13-20)19-4/h9-10,12,16,19H,5-8,11,13H2,1-4H3. The van der Waals surface area contributed by atoms with Gasteiger partial charge in [-0.1, -0.05) is 19.9 Å². The lowest BCUT2D eigenvalue weighted by atomic mass is 10.0. The monoisotopic (exact) mass is 367 g/mol. The fraction of sp³-hybridized carbons (Fsp3) is 0.611. The molecule has 140 valence electrons. The van der Waals surface area contributed by atoms with E-state index < -0.39 is 10.0 Å². The number of nitrogens with one attached hydrogen (secondary N) is 1. The number of carbonyl (C=O) groups excluding carboxylic acids is 1. The maximum absolute atomic E-state index is 12.9. The maximum atomic E-state index is 12.9. The third-order valence-electron chi connectivity index (χ3n) is 4.88. The molecule has 0 aromatic heterocycles. The molecule has 1 aliphatic rings. The number of amides is 1. The molecule has 1 fully saturated rings. The Balaban J connectivity index is 2.34. The van der Waals surface area contributed by atoms with E-state index in [-0.39, 0.29) is 10.8 Å². The van der Waals surface area contributed by atoms with E-state index in [1.165, 1.54) is 10.4 Å². The van der Waals surface area contributed by atoms with E-state index in [0.717, 1.165) is 12.8 Å². The Bertz CT molecular complexity index is 714. The molecule has 0 spiro atoms. The van der Waals surface area contributed by atoms with Crippen LogP contribution in [0.5, 0.6) is 0 Å². The summed E-state index contributed by atoms with van der Waals surface area (Å²) in [5.74, 6) is -0.101. The first-order chi connectivity index (χ1) is 11.8. The molecule has 0 saturated carbocycles. The van der Waals surface area contributed by atoms with Crippen LogP contribution >= 0.6 is 0 Å². The number of hydrogen-bond donors (Lipinski definition) is 1. The van der Waals surface area contributed by atoms with Gasteiger partial charge in [0.2, 0.25) is 10.0 Å². The number of aryl methyl sites for hydroxylation is 1. The number of carbonyl (C=O) groups is 1. The van der Waals surface area contributed by atoms with Crippen molar-refractivity contribution in [1.82, 2.24) is 14.5 Å². The van der Waals surface area contributed by atoms with Crippen LogP contribution in [-0.2, 0) is 10.0 Å². The first-order valence-corrected chi connectivity index (χ1v) is 10.4. The highest BCUT2D eigenvalue weighted by Gasteiger charge is 2.27. The molecular weight excluding hydrogens is 338 g/mol. The largest absolute Gasteiger partial charge is 0.337 e. The maximum Gasteiger partial charge on any atom is 0.253 e. The van der Waals surface area contributed by atoms with Crippen LogP contribution in [0, 0.1) is 6.92 Å². The van der Waals surface area contributed by atoms with E-state index in [4.69, 9.17) is 0 Å². The minimum Gasteiger partial charge on any atom is -0.337 e. The molecule has 1 aromatic rings. The van der Waals surface area contributed by atoms with Gasteiger partial charge < -0.3 is 10.2 Å².